The highest BCUT2D eigenvalue weighted by Crippen LogP contribution is 2.25. The van der Waals surface area contributed by atoms with Crippen molar-refractivity contribution in [3.8, 4) is 0 Å². The average molecular weight is 236 g/mol. The van der Waals surface area contributed by atoms with Crippen LogP contribution in [0, 0.1) is 0 Å². The van der Waals surface area contributed by atoms with Crippen molar-refractivity contribution in [1.29, 1.82) is 0 Å². The number of Topliss-reactive ketones (excluding diaryl/α,β-unsaturated/α-hetero) is 1. The molecule has 2 rings (SSSR count). The molecule has 1 aliphatic carbocycles. The summed E-state index contributed by atoms with van der Waals surface area (Å²) in [7, 11) is 0. The van der Waals surface area contributed by atoms with E-state index in [1.54, 1.807) is 23.9 Å². The van der Waals surface area contributed by atoms with Gasteiger partial charge >= 0.3 is 5.97 Å². The molecule has 1 aromatic rings. The minimum atomic E-state index is -0.391. The molecule has 1 fully saturated rings. The lowest BCUT2D eigenvalue weighted by Crippen LogP contribution is -2.18. The second-order valence-corrected chi connectivity index (χ2v) is 4.17. The minimum absolute atomic E-state index is 0.232. The summed E-state index contributed by atoms with van der Waals surface area (Å²) in [6.45, 7) is 2.12. The molecule has 0 aromatic carbocycles. The van der Waals surface area contributed by atoms with Gasteiger partial charge in [0.25, 0.3) is 0 Å². The summed E-state index contributed by atoms with van der Waals surface area (Å²) in [5, 5.41) is 4.21. The Hall–Kier alpha value is -1.65. The van der Waals surface area contributed by atoms with Crippen molar-refractivity contribution in [2.24, 2.45) is 0 Å². The monoisotopic (exact) mass is 236 g/mol. The lowest BCUT2D eigenvalue weighted by molar-refractivity contribution is -0.120. The first-order valence-corrected chi connectivity index (χ1v) is 5.94. The SMILES string of the molecule is CCOC(=O)c1ccn(C2CCC(=O)CC2)n1. The second-order valence-electron chi connectivity index (χ2n) is 4.17. The maximum absolute atomic E-state index is 11.4. The quantitative estimate of drug-likeness (QED) is 0.750. The molecule has 92 valence electrons. The van der Waals surface area contributed by atoms with Gasteiger partial charge in [-0.1, -0.05) is 0 Å². The molecule has 17 heavy (non-hydrogen) atoms. The van der Waals surface area contributed by atoms with Crippen molar-refractivity contribution in [3.63, 3.8) is 0 Å². The average Bonchev–Trinajstić information content (AvgIpc) is 2.80. The van der Waals surface area contributed by atoms with E-state index in [4.69, 9.17) is 4.74 Å². The smallest absolute Gasteiger partial charge is 0.358 e. The Morgan fingerprint density at radius 3 is 2.88 bits per heavy atom. The van der Waals surface area contributed by atoms with Crippen LogP contribution < -0.4 is 0 Å². The van der Waals surface area contributed by atoms with Crippen LogP contribution in [0.1, 0.15) is 49.1 Å². The fourth-order valence-corrected chi connectivity index (χ4v) is 2.04. The van der Waals surface area contributed by atoms with Gasteiger partial charge in [0, 0.05) is 19.0 Å². The molecule has 0 atom stereocenters. The first-order chi connectivity index (χ1) is 8.20. The van der Waals surface area contributed by atoms with Crippen LogP contribution in [0.2, 0.25) is 0 Å². The number of hydrogen-bond donors (Lipinski definition) is 0. The van der Waals surface area contributed by atoms with Crippen molar-refractivity contribution in [3.05, 3.63) is 18.0 Å². The lowest BCUT2D eigenvalue weighted by Gasteiger charge is -2.21. The van der Waals surface area contributed by atoms with Gasteiger partial charge in [-0.05, 0) is 25.8 Å². The molecule has 1 saturated carbocycles. The van der Waals surface area contributed by atoms with Crippen molar-refractivity contribution in [2.75, 3.05) is 6.61 Å². The Labute approximate surface area is 99.8 Å². The highest BCUT2D eigenvalue weighted by Gasteiger charge is 2.21. The summed E-state index contributed by atoms with van der Waals surface area (Å²) in [5.74, 6) is -0.0721. The highest BCUT2D eigenvalue weighted by atomic mass is 16.5. The summed E-state index contributed by atoms with van der Waals surface area (Å²) in [4.78, 5) is 22.6. The van der Waals surface area contributed by atoms with E-state index in [0.29, 0.717) is 30.9 Å². The minimum Gasteiger partial charge on any atom is -0.461 e. The van der Waals surface area contributed by atoms with Crippen LogP contribution in [-0.4, -0.2) is 28.1 Å². The first-order valence-electron chi connectivity index (χ1n) is 5.94. The van der Waals surface area contributed by atoms with Gasteiger partial charge in [0.2, 0.25) is 0 Å². The third-order valence-corrected chi connectivity index (χ3v) is 2.98. The molecule has 1 aliphatic rings. The van der Waals surface area contributed by atoms with E-state index in [1.165, 1.54) is 0 Å². The van der Waals surface area contributed by atoms with E-state index in [0.717, 1.165) is 12.8 Å². The van der Waals surface area contributed by atoms with Crippen molar-refractivity contribution in [2.45, 2.75) is 38.6 Å². The van der Waals surface area contributed by atoms with E-state index in [-0.39, 0.29) is 6.04 Å². The van der Waals surface area contributed by atoms with E-state index < -0.39 is 5.97 Å². The van der Waals surface area contributed by atoms with Gasteiger partial charge in [0.15, 0.2) is 5.69 Å². The van der Waals surface area contributed by atoms with E-state index in [2.05, 4.69) is 5.10 Å². The zero-order chi connectivity index (χ0) is 12.3. The van der Waals surface area contributed by atoms with Gasteiger partial charge in [0.1, 0.15) is 5.78 Å². The lowest BCUT2D eigenvalue weighted by atomic mass is 9.95. The van der Waals surface area contributed by atoms with E-state index in [9.17, 15) is 9.59 Å². The molecular weight excluding hydrogens is 220 g/mol. The molecule has 0 aliphatic heterocycles. The van der Waals surface area contributed by atoms with Gasteiger partial charge in [-0.3, -0.25) is 9.48 Å². The second kappa shape index (κ2) is 5.12. The van der Waals surface area contributed by atoms with Crippen LogP contribution in [0.4, 0.5) is 0 Å². The Morgan fingerprint density at radius 1 is 1.53 bits per heavy atom. The first kappa shape index (κ1) is 11.8. The summed E-state index contributed by atoms with van der Waals surface area (Å²) >= 11 is 0. The number of ketones is 1. The topological polar surface area (TPSA) is 61.2 Å². The van der Waals surface area contributed by atoms with Crippen LogP contribution in [0.5, 0.6) is 0 Å². The third-order valence-electron chi connectivity index (χ3n) is 2.98. The molecule has 0 radical (unpaired) electrons. The van der Waals surface area contributed by atoms with Crippen LogP contribution in [0.15, 0.2) is 12.3 Å². The van der Waals surface area contributed by atoms with Gasteiger partial charge in [0.05, 0.1) is 12.6 Å². The Balaban J connectivity index is 2.03. The number of hydrogen-bond acceptors (Lipinski definition) is 4. The molecule has 0 amide bonds. The molecule has 5 nitrogen and oxygen atoms in total. The molecule has 1 heterocycles. The molecule has 0 unspecified atom stereocenters. The summed E-state index contributed by atoms with van der Waals surface area (Å²) < 4.78 is 6.65. The summed E-state index contributed by atoms with van der Waals surface area (Å²) in [5.41, 5.74) is 0.337. The number of carbonyl (C=O) groups is 2. The highest BCUT2D eigenvalue weighted by molar-refractivity contribution is 5.87. The van der Waals surface area contributed by atoms with Gasteiger partial charge in [-0.25, -0.2) is 4.79 Å². The third kappa shape index (κ3) is 2.72. The molecule has 0 bridgehead atoms. The predicted octanol–water partition coefficient (Wildman–Crippen LogP) is 1.74. The standard InChI is InChI=1S/C12H16N2O3/c1-2-17-12(16)11-7-8-14(13-11)9-3-5-10(15)6-4-9/h7-9H,2-6H2,1H3. The molecule has 1 aromatic heterocycles. The zero-order valence-corrected chi connectivity index (χ0v) is 9.89. The fourth-order valence-electron chi connectivity index (χ4n) is 2.04. The number of carbonyl (C=O) groups excluding carboxylic acids is 2. The summed E-state index contributed by atoms with van der Waals surface area (Å²) in [6, 6.07) is 1.89. The maximum atomic E-state index is 11.4. The molecule has 0 spiro atoms. The fraction of sp³-hybridized carbons (Fsp3) is 0.583. The van der Waals surface area contributed by atoms with Gasteiger partial charge < -0.3 is 4.74 Å². The predicted molar refractivity (Wildman–Crippen MR) is 60.7 cm³/mol. The Morgan fingerprint density at radius 2 is 2.24 bits per heavy atom. The molecular formula is C12H16N2O3. The van der Waals surface area contributed by atoms with E-state index in [1.807, 2.05) is 0 Å². The van der Waals surface area contributed by atoms with Crippen LogP contribution in [-0.2, 0) is 9.53 Å². The molecule has 0 N–H and O–H groups in total. The van der Waals surface area contributed by atoms with Gasteiger partial charge in [-0.15, -0.1) is 0 Å². The molecule has 5 heteroatoms. The van der Waals surface area contributed by atoms with Crippen LogP contribution in [0.25, 0.3) is 0 Å². The number of rotatable bonds is 3. The number of ether oxygens (including phenoxy) is 1. The van der Waals surface area contributed by atoms with Crippen LogP contribution in [0.3, 0.4) is 0 Å². The normalized spacial score (nSPS) is 17.1. The van der Waals surface area contributed by atoms with E-state index >= 15 is 0 Å². The maximum Gasteiger partial charge on any atom is 0.358 e. The number of nitrogens with zero attached hydrogens (tertiary/aromatic N) is 2. The van der Waals surface area contributed by atoms with Crippen molar-refractivity contribution >= 4 is 11.8 Å². The molecule has 0 saturated heterocycles. The Kier molecular flexibility index (Phi) is 3.56. The van der Waals surface area contributed by atoms with Crippen molar-refractivity contribution < 1.29 is 14.3 Å². The largest absolute Gasteiger partial charge is 0.461 e. The van der Waals surface area contributed by atoms with Crippen molar-refractivity contribution in [1.82, 2.24) is 9.78 Å². The van der Waals surface area contributed by atoms with Gasteiger partial charge in [-0.2, -0.15) is 5.10 Å². The zero-order valence-electron chi connectivity index (χ0n) is 9.89. The number of aromatic nitrogens is 2. The summed E-state index contributed by atoms with van der Waals surface area (Å²) in [6.07, 6.45) is 4.62. The van der Waals surface area contributed by atoms with Crippen LogP contribution >= 0.6 is 0 Å². The number of esters is 1. The Bertz CT molecular complexity index is 415.